The summed E-state index contributed by atoms with van der Waals surface area (Å²) >= 11 is 1.48. The van der Waals surface area contributed by atoms with Gasteiger partial charge in [0.25, 0.3) is 5.91 Å². The van der Waals surface area contributed by atoms with Gasteiger partial charge in [-0.2, -0.15) is 9.78 Å². The smallest absolute Gasteiger partial charge is 0.263 e. The maximum absolute atomic E-state index is 12.5. The molecule has 154 valence electrons. The topological polar surface area (TPSA) is 78.3 Å². The number of carbonyl (C=O) groups is 1. The Balaban J connectivity index is 1.52. The number of methoxy groups -OCH3 is 1. The Morgan fingerprint density at radius 2 is 2.03 bits per heavy atom. The van der Waals surface area contributed by atoms with E-state index in [9.17, 15) is 4.79 Å². The van der Waals surface area contributed by atoms with Gasteiger partial charge in [-0.1, -0.05) is 36.5 Å². The number of rotatable bonds is 7. The van der Waals surface area contributed by atoms with Gasteiger partial charge in [0.15, 0.2) is 6.61 Å². The molecular weight excluding hydrogens is 400 g/mol. The van der Waals surface area contributed by atoms with Gasteiger partial charge in [-0.15, -0.1) is 0 Å². The molecule has 0 spiro atoms. The Morgan fingerprint density at radius 1 is 1.20 bits per heavy atom. The van der Waals surface area contributed by atoms with Gasteiger partial charge < -0.3 is 14.8 Å². The second kappa shape index (κ2) is 8.54. The molecule has 0 atom stereocenters. The molecule has 2 heterocycles. The number of aromatic nitrogens is 3. The van der Waals surface area contributed by atoms with Gasteiger partial charge in [-0.05, 0) is 43.2 Å². The highest BCUT2D eigenvalue weighted by molar-refractivity contribution is 7.20. The quantitative estimate of drug-likeness (QED) is 0.478. The van der Waals surface area contributed by atoms with Crippen LogP contribution >= 0.6 is 11.3 Å². The molecule has 0 fully saturated rings. The highest BCUT2D eigenvalue weighted by Crippen LogP contribution is 2.30. The van der Waals surface area contributed by atoms with E-state index in [1.165, 1.54) is 11.3 Å². The molecule has 1 N–H and O–H groups in total. The van der Waals surface area contributed by atoms with Gasteiger partial charge >= 0.3 is 0 Å². The van der Waals surface area contributed by atoms with Crippen molar-refractivity contribution in [3.8, 4) is 16.6 Å². The molecule has 8 heteroatoms. The average molecular weight is 423 g/mol. The first-order valence-corrected chi connectivity index (χ1v) is 10.4. The molecule has 0 radical (unpaired) electrons. The lowest BCUT2D eigenvalue weighted by Crippen LogP contribution is -2.22. The monoisotopic (exact) mass is 422 g/mol. The normalized spacial score (nSPS) is 10.9. The highest BCUT2D eigenvalue weighted by atomic mass is 32.1. The minimum atomic E-state index is -0.259. The number of para-hydroxylation sites is 1. The first kappa shape index (κ1) is 19.9. The molecule has 0 saturated heterocycles. The molecule has 30 heavy (non-hydrogen) atoms. The third-order valence-corrected chi connectivity index (χ3v) is 5.57. The Morgan fingerprint density at radius 3 is 2.83 bits per heavy atom. The van der Waals surface area contributed by atoms with Crippen LogP contribution in [0.5, 0.6) is 11.5 Å². The van der Waals surface area contributed by atoms with Crippen molar-refractivity contribution >= 4 is 33.3 Å². The summed E-state index contributed by atoms with van der Waals surface area (Å²) in [4.78, 5) is 17.2. The largest absolute Gasteiger partial charge is 0.497 e. The standard InChI is InChI=1S/C22H22N4O3S/c1-4-15-7-5-6-8-18(15)29-13-21(27)24-20-11-14(2)25-26(20)22-23-17-10-9-16(28-3)12-19(17)30-22/h5-12H,4,13H2,1-3H3,(H,24,27). The van der Waals surface area contributed by atoms with E-state index in [-0.39, 0.29) is 12.5 Å². The van der Waals surface area contributed by atoms with E-state index in [1.807, 2.05) is 55.5 Å². The van der Waals surface area contributed by atoms with E-state index in [2.05, 4.69) is 22.3 Å². The zero-order chi connectivity index (χ0) is 21.1. The zero-order valence-electron chi connectivity index (χ0n) is 17.0. The van der Waals surface area contributed by atoms with Crippen LogP contribution in [-0.2, 0) is 11.2 Å². The Kier molecular flexibility index (Phi) is 5.67. The Bertz CT molecular complexity index is 1200. The number of fused-ring (bicyclic) bond motifs is 1. The van der Waals surface area contributed by atoms with Crippen LogP contribution in [0, 0.1) is 6.92 Å². The molecular formula is C22H22N4O3S. The number of benzene rings is 2. The van der Waals surface area contributed by atoms with Gasteiger partial charge in [0.05, 0.1) is 23.0 Å². The van der Waals surface area contributed by atoms with Gasteiger partial charge in [0.2, 0.25) is 5.13 Å². The maximum Gasteiger partial charge on any atom is 0.263 e. The summed E-state index contributed by atoms with van der Waals surface area (Å²) in [6, 6.07) is 15.2. The summed E-state index contributed by atoms with van der Waals surface area (Å²) in [6.45, 7) is 3.84. The minimum absolute atomic E-state index is 0.0850. The fourth-order valence-electron chi connectivity index (χ4n) is 3.10. The number of aryl methyl sites for hydroxylation is 2. The van der Waals surface area contributed by atoms with E-state index in [1.54, 1.807) is 11.8 Å². The molecule has 4 rings (SSSR count). The lowest BCUT2D eigenvalue weighted by atomic mass is 10.1. The van der Waals surface area contributed by atoms with Crippen LogP contribution in [0.15, 0.2) is 48.5 Å². The number of nitrogens with zero attached hydrogens (tertiary/aromatic N) is 3. The lowest BCUT2D eigenvalue weighted by molar-refractivity contribution is -0.118. The van der Waals surface area contributed by atoms with E-state index in [0.717, 1.165) is 39.4 Å². The summed E-state index contributed by atoms with van der Waals surface area (Å²) in [6.07, 6.45) is 0.839. The summed E-state index contributed by atoms with van der Waals surface area (Å²) in [5, 5.41) is 8.04. The van der Waals surface area contributed by atoms with E-state index in [4.69, 9.17) is 9.47 Å². The van der Waals surface area contributed by atoms with Crippen molar-refractivity contribution in [1.82, 2.24) is 14.8 Å². The van der Waals surface area contributed by atoms with Crippen molar-refractivity contribution in [3.63, 3.8) is 0 Å². The van der Waals surface area contributed by atoms with Crippen LogP contribution < -0.4 is 14.8 Å². The number of hydrogen-bond acceptors (Lipinski definition) is 6. The Hall–Kier alpha value is -3.39. The Labute approximate surface area is 178 Å². The first-order chi connectivity index (χ1) is 14.6. The molecule has 4 aromatic rings. The second-order valence-electron chi connectivity index (χ2n) is 6.71. The number of amides is 1. The molecule has 2 aromatic heterocycles. The van der Waals surface area contributed by atoms with E-state index < -0.39 is 0 Å². The summed E-state index contributed by atoms with van der Waals surface area (Å²) in [7, 11) is 1.63. The first-order valence-electron chi connectivity index (χ1n) is 9.59. The van der Waals surface area contributed by atoms with Crippen LogP contribution in [0.1, 0.15) is 18.2 Å². The number of thiazole rings is 1. The number of ether oxygens (including phenoxy) is 2. The average Bonchev–Trinajstić information content (AvgIpc) is 3.34. The third-order valence-electron chi connectivity index (χ3n) is 4.58. The van der Waals surface area contributed by atoms with Crippen molar-refractivity contribution in [2.45, 2.75) is 20.3 Å². The lowest BCUT2D eigenvalue weighted by Gasteiger charge is -2.10. The van der Waals surface area contributed by atoms with Gasteiger partial charge in [-0.25, -0.2) is 4.98 Å². The zero-order valence-corrected chi connectivity index (χ0v) is 17.8. The van der Waals surface area contributed by atoms with Gasteiger partial charge in [0.1, 0.15) is 17.3 Å². The third kappa shape index (κ3) is 4.13. The van der Waals surface area contributed by atoms with Crippen LogP contribution in [0.3, 0.4) is 0 Å². The second-order valence-corrected chi connectivity index (χ2v) is 7.72. The van der Waals surface area contributed by atoms with Crippen molar-refractivity contribution in [1.29, 1.82) is 0 Å². The molecule has 0 aliphatic rings. The van der Waals surface area contributed by atoms with Crippen molar-refractivity contribution in [3.05, 3.63) is 59.8 Å². The van der Waals surface area contributed by atoms with Crippen LogP contribution in [0.2, 0.25) is 0 Å². The predicted molar refractivity (Wildman–Crippen MR) is 118 cm³/mol. The molecule has 0 saturated carbocycles. The molecule has 0 unspecified atom stereocenters. The van der Waals surface area contributed by atoms with Crippen molar-refractivity contribution in [2.24, 2.45) is 0 Å². The van der Waals surface area contributed by atoms with Gasteiger partial charge in [0, 0.05) is 6.07 Å². The number of nitrogens with one attached hydrogen (secondary N) is 1. The molecule has 1 amide bonds. The van der Waals surface area contributed by atoms with Crippen molar-refractivity contribution < 1.29 is 14.3 Å². The SMILES string of the molecule is CCc1ccccc1OCC(=O)Nc1cc(C)nn1-c1nc2ccc(OC)cc2s1. The number of carbonyl (C=O) groups excluding carboxylic acids is 1. The van der Waals surface area contributed by atoms with Crippen LogP contribution in [0.4, 0.5) is 5.82 Å². The van der Waals surface area contributed by atoms with Crippen LogP contribution in [-0.4, -0.2) is 34.4 Å². The molecule has 2 aromatic carbocycles. The van der Waals surface area contributed by atoms with E-state index >= 15 is 0 Å². The molecule has 0 bridgehead atoms. The summed E-state index contributed by atoms with van der Waals surface area (Å²) in [5.74, 6) is 1.79. The fraction of sp³-hybridized carbons (Fsp3) is 0.227. The molecule has 0 aliphatic heterocycles. The predicted octanol–water partition coefficient (Wildman–Crippen LogP) is 4.38. The van der Waals surface area contributed by atoms with Gasteiger partial charge in [-0.3, -0.25) is 4.79 Å². The molecule has 0 aliphatic carbocycles. The number of hydrogen-bond donors (Lipinski definition) is 1. The number of anilines is 1. The summed E-state index contributed by atoms with van der Waals surface area (Å²) < 4.78 is 13.6. The molecule has 7 nitrogen and oxygen atoms in total. The minimum Gasteiger partial charge on any atom is -0.497 e. The summed E-state index contributed by atoms with van der Waals surface area (Å²) in [5.41, 5.74) is 2.69. The van der Waals surface area contributed by atoms with Crippen molar-refractivity contribution in [2.75, 3.05) is 19.0 Å². The van der Waals surface area contributed by atoms with Crippen LogP contribution in [0.25, 0.3) is 15.3 Å². The van der Waals surface area contributed by atoms with E-state index in [0.29, 0.717) is 10.9 Å². The maximum atomic E-state index is 12.5. The fourth-order valence-corrected chi connectivity index (χ4v) is 4.06. The highest BCUT2D eigenvalue weighted by Gasteiger charge is 2.15.